The Morgan fingerprint density at radius 1 is 1.05 bits per heavy atom. The van der Waals surface area contributed by atoms with Crippen molar-refractivity contribution in [3.8, 4) is 0 Å². The molecule has 0 saturated carbocycles. The van der Waals surface area contributed by atoms with Crippen molar-refractivity contribution in [1.82, 2.24) is 5.32 Å². The van der Waals surface area contributed by atoms with Crippen molar-refractivity contribution in [2.75, 3.05) is 6.61 Å². The number of hydrogen-bond acceptors (Lipinski definition) is 5. The molecule has 0 unspecified atom stereocenters. The summed E-state index contributed by atoms with van der Waals surface area (Å²) in [5.74, 6) is -0.359. The molecule has 1 amide bonds. The molecule has 0 heterocycles. The standard InChI is InChI=1S/C14H27NO5/c1-13(2,3)19-11(17)8-7-10(9-16)15-12(18)20-14(4,5)6/h10,16H,7-9H2,1-6H3,(H,15,18)/t10-/m0/s1. The van der Waals surface area contributed by atoms with E-state index in [0.29, 0.717) is 6.42 Å². The molecule has 2 N–H and O–H groups in total. The predicted molar refractivity (Wildman–Crippen MR) is 75.3 cm³/mol. The summed E-state index contributed by atoms with van der Waals surface area (Å²) >= 11 is 0. The normalized spacial score (nSPS) is 13.6. The largest absolute Gasteiger partial charge is 0.460 e. The van der Waals surface area contributed by atoms with Gasteiger partial charge in [0, 0.05) is 6.42 Å². The van der Waals surface area contributed by atoms with Gasteiger partial charge in [-0.2, -0.15) is 0 Å². The van der Waals surface area contributed by atoms with Crippen LogP contribution in [0.25, 0.3) is 0 Å². The Morgan fingerprint density at radius 2 is 1.55 bits per heavy atom. The molecular weight excluding hydrogens is 262 g/mol. The highest BCUT2D eigenvalue weighted by atomic mass is 16.6. The molecule has 118 valence electrons. The Hall–Kier alpha value is -1.30. The van der Waals surface area contributed by atoms with E-state index in [9.17, 15) is 14.7 Å². The maximum Gasteiger partial charge on any atom is 0.407 e. The lowest BCUT2D eigenvalue weighted by molar-refractivity contribution is -0.155. The molecule has 0 aromatic rings. The third-order valence-corrected chi connectivity index (χ3v) is 2.06. The molecule has 20 heavy (non-hydrogen) atoms. The molecule has 0 aromatic heterocycles. The highest BCUT2D eigenvalue weighted by Crippen LogP contribution is 2.11. The number of hydrogen-bond donors (Lipinski definition) is 2. The van der Waals surface area contributed by atoms with Gasteiger partial charge >= 0.3 is 12.1 Å². The van der Waals surface area contributed by atoms with E-state index in [-0.39, 0.29) is 19.0 Å². The number of ether oxygens (including phenoxy) is 2. The maximum atomic E-state index is 11.5. The molecule has 0 rings (SSSR count). The van der Waals surface area contributed by atoms with Gasteiger partial charge in [0.25, 0.3) is 0 Å². The van der Waals surface area contributed by atoms with Gasteiger partial charge in [0.1, 0.15) is 11.2 Å². The molecule has 0 aliphatic heterocycles. The Labute approximate surface area is 120 Å². The van der Waals surface area contributed by atoms with Crippen molar-refractivity contribution in [1.29, 1.82) is 0 Å². The van der Waals surface area contributed by atoms with Gasteiger partial charge in [-0.05, 0) is 48.0 Å². The first kappa shape index (κ1) is 18.7. The van der Waals surface area contributed by atoms with Gasteiger partial charge in [0.05, 0.1) is 12.6 Å². The first-order chi connectivity index (χ1) is 8.93. The second-order valence-corrected chi connectivity index (χ2v) is 6.65. The third kappa shape index (κ3) is 10.6. The number of nitrogens with one attached hydrogen (secondary N) is 1. The van der Waals surface area contributed by atoms with Crippen LogP contribution in [0.3, 0.4) is 0 Å². The first-order valence-corrected chi connectivity index (χ1v) is 6.75. The monoisotopic (exact) mass is 289 g/mol. The average molecular weight is 289 g/mol. The van der Waals surface area contributed by atoms with Gasteiger partial charge in [0.2, 0.25) is 0 Å². The van der Waals surface area contributed by atoms with Gasteiger partial charge in [-0.3, -0.25) is 4.79 Å². The Balaban J connectivity index is 4.17. The number of esters is 1. The number of carbonyl (C=O) groups is 2. The van der Waals surface area contributed by atoms with Crippen LogP contribution in [0, 0.1) is 0 Å². The molecule has 0 radical (unpaired) electrons. The van der Waals surface area contributed by atoms with Crippen LogP contribution in [-0.2, 0) is 14.3 Å². The van der Waals surface area contributed by atoms with Crippen molar-refractivity contribution in [2.45, 2.75) is 71.6 Å². The number of rotatable bonds is 5. The van der Waals surface area contributed by atoms with E-state index in [4.69, 9.17) is 9.47 Å². The second kappa shape index (κ2) is 7.47. The molecule has 0 saturated heterocycles. The van der Waals surface area contributed by atoms with Gasteiger partial charge in [0.15, 0.2) is 0 Å². The van der Waals surface area contributed by atoms with Gasteiger partial charge in [-0.25, -0.2) is 4.79 Å². The fourth-order valence-corrected chi connectivity index (χ4v) is 1.37. The predicted octanol–water partition coefficient (Wildman–Crippen LogP) is 1.99. The van der Waals surface area contributed by atoms with Gasteiger partial charge in [-0.1, -0.05) is 0 Å². The molecule has 0 spiro atoms. The number of aliphatic hydroxyl groups excluding tert-OH is 1. The van der Waals surface area contributed by atoms with Crippen molar-refractivity contribution >= 4 is 12.1 Å². The fraction of sp³-hybridized carbons (Fsp3) is 0.857. The van der Waals surface area contributed by atoms with E-state index in [2.05, 4.69) is 5.32 Å². The maximum absolute atomic E-state index is 11.5. The highest BCUT2D eigenvalue weighted by molar-refractivity contribution is 5.70. The molecule has 6 nitrogen and oxygen atoms in total. The lowest BCUT2D eigenvalue weighted by atomic mass is 10.1. The summed E-state index contributed by atoms with van der Waals surface area (Å²) in [6.45, 7) is 10.3. The Kier molecular flexibility index (Phi) is 6.99. The topological polar surface area (TPSA) is 84.9 Å². The van der Waals surface area contributed by atoms with Crippen LogP contribution < -0.4 is 5.32 Å². The summed E-state index contributed by atoms with van der Waals surface area (Å²) in [6.07, 6.45) is -0.191. The van der Waals surface area contributed by atoms with Crippen LogP contribution in [0.5, 0.6) is 0 Å². The van der Waals surface area contributed by atoms with E-state index in [1.807, 2.05) is 0 Å². The summed E-state index contributed by atoms with van der Waals surface area (Å²) < 4.78 is 10.2. The summed E-state index contributed by atoms with van der Waals surface area (Å²) in [5.41, 5.74) is -1.14. The summed E-state index contributed by atoms with van der Waals surface area (Å²) in [4.78, 5) is 23.1. The lowest BCUT2D eigenvalue weighted by Gasteiger charge is -2.23. The van der Waals surface area contributed by atoms with Crippen LogP contribution in [0.15, 0.2) is 0 Å². The zero-order valence-electron chi connectivity index (χ0n) is 13.3. The van der Waals surface area contributed by atoms with Crippen molar-refractivity contribution < 1.29 is 24.2 Å². The zero-order chi connectivity index (χ0) is 16.0. The SMILES string of the molecule is CC(C)(C)OC(=O)CC[C@@H](CO)NC(=O)OC(C)(C)C. The zero-order valence-corrected chi connectivity index (χ0v) is 13.3. The van der Waals surface area contributed by atoms with Crippen LogP contribution >= 0.6 is 0 Å². The average Bonchev–Trinajstić information content (AvgIpc) is 2.18. The van der Waals surface area contributed by atoms with Crippen LogP contribution in [-0.4, -0.2) is 41.0 Å². The van der Waals surface area contributed by atoms with E-state index >= 15 is 0 Å². The number of amides is 1. The molecular formula is C14H27NO5. The fourth-order valence-electron chi connectivity index (χ4n) is 1.37. The molecule has 0 fully saturated rings. The van der Waals surface area contributed by atoms with E-state index in [0.717, 1.165) is 0 Å². The minimum atomic E-state index is -0.610. The van der Waals surface area contributed by atoms with E-state index in [1.54, 1.807) is 41.5 Å². The molecule has 6 heteroatoms. The number of carbonyl (C=O) groups excluding carboxylic acids is 2. The smallest absolute Gasteiger partial charge is 0.407 e. The molecule has 0 aliphatic rings. The first-order valence-electron chi connectivity index (χ1n) is 6.75. The highest BCUT2D eigenvalue weighted by Gasteiger charge is 2.21. The van der Waals surface area contributed by atoms with Crippen molar-refractivity contribution in [2.24, 2.45) is 0 Å². The Morgan fingerprint density at radius 3 is 1.95 bits per heavy atom. The second-order valence-electron chi connectivity index (χ2n) is 6.65. The molecule has 0 aliphatic carbocycles. The van der Waals surface area contributed by atoms with Gasteiger partial charge in [-0.15, -0.1) is 0 Å². The minimum absolute atomic E-state index is 0.123. The summed E-state index contributed by atoms with van der Waals surface area (Å²) in [6, 6.07) is -0.530. The van der Waals surface area contributed by atoms with E-state index < -0.39 is 23.3 Å². The Bertz CT molecular complexity index is 327. The molecule has 1 atom stereocenters. The third-order valence-electron chi connectivity index (χ3n) is 2.06. The number of alkyl carbamates (subject to hydrolysis) is 1. The lowest BCUT2D eigenvalue weighted by Crippen LogP contribution is -2.41. The van der Waals surface area contributed by atoms with Crippen LogP contribution in [0.2, 0.25) is 0 Å². The number of aliphatic hydroxyl groups is 1. The molecule has 0 aromatic carbocycles. The molecule has 0 bridgehead atoms. The van der Waals surface area contributed by atoms with Crippen molar-refractivity contribution in [3.63, 3.8) is 0 Å². The quantitative estimate of drug-likeness (QED) is 0.756. The summed E-state index contributed by atoms with van der Waals surface area (Å²) in [7, 11) is 0. The minimum Gasteiger partial charge on any atom is -0.460 e. The van der Waals surface area contributed by atoms with Crippen LogP contribution in [0.4, 0.5) is 4.79 Å². The van der Waals surface area contributed by atoms with Gasteiger partial charge < -0.3 is 19.9 Å². The summed E-state index contributed by atoms with van der Waals surface area (Å²) in [5, 5.41) is 11.7. The van der Waals surface area contributed by atoms with E-state index in [1.165, 1.54) is 0 Å². The van der Waals surface area contributed by atoms with Crippen molar-refractivity contribution in [3.05, 3.63) is 0 Å². The van der Waals surface area contributed by atoms with Crippen LogP contribution in [0.1, 0.15) is 54.4 Å².